The molecular weight excluding hydrogens is 228 g/mol. The normalized spacial score (nSPS) is 16.7. The standard InChI is InChI=1S/C10H14N2O3S/c11-9-7-8(16(13,14)15)3-4-10(9)12-5-1-2-6-12/h3-4,7H,1-2,5-6,11H2,(H,13,14,15). The number of anilines is 2. The van der Waals surface area contributed by atoms with Crippen LogP contribution in [0.25, 0.3) is 0 Å². The molecule has 0 saturated carbocycles. The number of benzene rings is 1. The largest absolute Gasteiger partial charge is 0.397 e. The monoisotopic (exact) mass is 242 g/mol. The van der Waals surface area contributed by atoms with Gasteiger partial charge in [0.15, 0.2) is 0 Å². The average Bonchev–Trinajstić information content (AvgIpc) is 2.69. The second-order valence-electron chi connectivity index (χ2n) is 3.89. The predicted octanol–water partition coefficient (Wildman–Crippen LogP) is 1.12. The Kier molecular flexibility index (Phi) is 2.77. The third-order valence-corrected chi connectivity index (χ3v) is 3.59. The van der Waals surface area contributed by atoms with Gasteiger partial charge in [0.1, 0.15) is 0 Å². The summed E-state index contributed by atoms with van der Waals surface area (Å²) in [7, 11) is -4.16. The summed E-state index contributed by atoms with van der Waals surface area (Å²) in [6.07, 6.45) is 2.25. The summed E-state index contributed by atoms with van der Waals surface area (Å²) in [6, 6.07) is 4.31. The highest BCUT2D eigenvalue weighted by molar-refractivity contribution is 7.85. The van der Waals surface area contributed by atoms with E-state index in [9.17, 15) is 8.42 Å². The first-order valence-electron chi connectivity index (χ1n) is 5.10. The van der Waals surface area contributed by atoms with Crippen molar-refractivity contribution >= 4 is 21.5 Å². The number of nitrogens with zero attached hydrogens (tertiary/aromatic N) is 1. The molecule has 1 aromatic rings. The molecule has 88 valence electrons. The summed E-state index contributed by atoms with van der Waals surface area (Å²) < 4.78 is 30.7. The van der Waals surface area contributed by atoms with Crippen molar-refractivity contribution in [3.05, 3.63) is 18.2 Å². The van der Waals surface area contributed by atoms with E-state index in [-0.39, 0.29) is 4.90 Å². The van der Waals surface area contributed by atoms with Gasteiger partial charge in [0.2, 0.25) is 0 Å². The molecule has 0 aliphatic carbocycles. The van der Waals surface area contributed by atoms with Crippen LogP contribution in [0.15, 0.2) is 23.1 Å². The summed E-state index contributed by atoms with van der Waals surface area (Å²) >= 11 is 0. The Morgan fingerprint density at radius 3 is 2.38 bits per heavy atom. The third-order valence-electron chi connectivity index (χ3n) is 2.74. The minimum atomic E-state index is -4.16. The summed E-state index contributed by atoms with van der Waals surface area (Å²) in [5, 5.41) is 0. The highest BCUT2D eigenvalue weighted by Gasteiger charge is 2.17. The van der Waals surface area contributed by atoms with Crippen LogP contribution in [-0.4, -0.2) is 26.1 Å². The van der Waals surface area contributed by atoms with Gasteiger partial charge in [-0.3, -0.25) is 4.55 Å². The first-order valence-corrected chi connectivity index (χ1v) is 6.54. The SMILES string of the molecule is Nc1cc(S(=O)(=O)O)ccc1N1CCCC1. The maximum absolute atomic E-state index is 10.9. The van der Waals surface area contributed by atoms with Gasteiger partial charge in [0, 0.05) is 13.1 Å². The molecule has 6 heteroatoms. The maximum Gasteiger partial charge on any atom is 0.294 e. The molecule has 1 heterocycles. The Morgan fingerprint density at radius 1 is 1.25 bits per heavy atom. The molecule has 0 atom stereocenters. The van der Waals surface area contributed by atoms with Crippen molar-refractivity contribution in [2.45, 2.75) is 17.7 Å². The number of nitrogens with two attached hydrogens (primary N) is 1. The van der Waals surface area contributed by atoms with E-state index >= 15 is 0 Å². The van der Waals surface area contributed by atoms with Gasteiger partial charge in [0.25, 0.3) is 10.1 Å². The minimum absolute atomic E-state index is 0.159. The molecule has 1 aliphatic rings. The highest BCUT2D eigenvalue weighted by Crippen LogP contribution is 2.28. The van der Waals surface area contributed by atoms with Crippen molar-refractivity contribution in [2.24, 2.45) is 0 Å². The fourth-order valence-electron chi connectivity index (χ4n) is 1.94. The van der Waals surface area contributed by atoms with Crippen molar-refractivity contribution in [3.8, 4) is 0 Å². The van der Waals surface area contributed by atoms with Gasteiger partial charge in [-0.1, -0.05) is 0 Å². The maximum atomic E-state index is 10.9. The van der Waals surface area contributed by atoms with Gasteiger partial charge >= 0.3 is 0 Å². The van der Waals surface area contributed by atoms with Crippen LogP contribution in [0.3, 0.4) is 0 Å². The van der Waals surface area contributed by atoms with Crippen LogP contribution in [0.5, 0.6) is 0 Å². The van der Waals surface area contributed by atoms with Gasteiger partial charge < -0.3 is 10.6 Å². The lowest BCUT2D eigenvalue weighted by atomic mass is 10.2. The van der Waals surface area contributed by atoms with E-state index < -0.39 is 10.1 Å². The molecule has 1 saturated heterocycles. The summed E-state index contributed by atoms with van der Waals surface area (Å²) in [6.45, 7) is 1.88. The highest BCUT2D eigenvalue weighted by atomic mass is 32.2. The van der Waals surface area contributed by atoms with E-state index in [0.717, 1.165) is 31.6 Å². The topological polar surface area (TPSA) is 83.6 Å². The molecule has 16 heavy (non-hydrogen) atoms. The van der Waals surface area contributed by atoms with Crippen molar-refractivity contribution < 1.29 is 13.0 Å². The van der Waals surface area contributed by atoms with E-state index in [4.69, 9.17) is 10.3 Å². The van der Waals surface area contributed by atoms with Crippen LogP contribution in [0.1, 0.15) is 12.8 Å². The number of hydrogen-bond acceptors (Lipinski definition) is 4. The smallest absolute Gasteiger partial charge is 0.294 e. The van der Waals surface area contributed by atoms with Crippen molar-refractivity contribution in [1.29, 1.82) is 0 Å². The number of hydrogen-bond donors (Lipinski definition) is 2. The fourth-order valence-corrected chi connectivity index (χ4v) is 2.45. The van der Waals surface area contributed by atoms with Crippen LogP contribution in [-0.2, 0) is 10.1 Å². The molecule has 5 nitrogen and oxygen atoms in total. The second kappa shape index (κ2) is 3.95. The quantitative estimate of drug-likeness (QED) is 0.599. The molecule has 0 unspecified atom stereocenters. The molecule has 3 N–H and O–H groups in total. The summed E-state index contributed by atoms with van der Waals surface area (Å²) in [5.41, 5.74) is 7.00. The van der Waals surface area contributed by atoms with Crippen LogP contribution in [0.2, 0.25) is 0 Å². The predicted molar refractivity (Wildman–Crippen MR) is 62.1 cm³/mol. The van der Waals surface area contributed by atoms with E-state index in [1.54, 1.807) is 6.07 Å². The molecule has 0 amide bonds. The van der Waals surface area contributed by atoms with Crippen LogP contribution >= 0.6 is 0 Å². The van der Waals surface area contributed by atoms with E-state index in [0.29, 0.717) is 5.69 Å². The first-order chi connectivity index (χ1) is 7.48. The van der Waals surface area contributed by atoms with Gasteiger partial charge in [0.05, 0.1) is 16.3 Å². The fraction of sp³-hybridized carbons (Fsp3) is 0.400. The minimum Gasteiger partial charge on any atom is -0.397 e. The average molecular weight is 242 g/mol. The van der Waals surface area contributed by atoms with Gasteiger partial charge in [-0.2, -0.15) is 8.42 Å². The summed E-state index contributed by atoms with van der Waals surface area (Å²) in [5.74, 6) is 0. The van der Waals surface area contributed by atoms with Crippen molar-refractivity contribution in [1.82, 2.24) is 0 Å². The Hall–Kier alpha value is -1.27. The zero-order chi connectivity index (χ0) is 11.8. The molecule has 1 aliphatic heterocycles. The Morgan fingerprint density at radius 2 is 1.88 bits per heavy atom. The first kappa shape index (κ1) is 11.2. The van der Waals surface area contributed by atoms with E-state index in [2.05, 4.69) is 4.90 Å². The van der Waals surface area contributed by atoms with Gasteiger partial charge in [-0.15, -0.1) is 0 Å². The van der Waals surface area contributed by atoms with Gasteiger partial charge in [-0.25, -0.2) is 0 Å². The molecule has 2 rings (SSSR count). The van der Waals surface area contributed by atoms with E-state index in [1.807, 2.05) is 0 Å². The molecule has 0 aromatic heterocycles. The Bertz CT molecular complexity index is 493. The number of rotatable bonds is 2. The van der Waals surface area contributed by atoms with Gasteiger partial charge in [-0.05, 0) is 31.0 Å². The second-order valence-corrected chi connectivity index (χ2v) is 5.31. The molecule has 0 radical (unpaired) electrons. The molecule has 1 aromatic carbocycles. The number of nitrogen functional groups attached to an aromatic ring is 1. The van der Waals surface area contributed by atoms with Crippen LogP contribution in [0.4, 0.5) is 11.4 Å². The Labute approximate surface area is 94.6 Å². The molecule has 0 bridgehead atoms. The summed E-state index contributed by atoms with van der Waals surface area (Å²) in [4.78, 5) is 1.95. The zero-order valence-electron chi connectivity index (χ0n) is 8.76. The lowest BCUT2D eigenvalue weighted by molar-refractivity contribution is 0.483. The van der Waals surface area contributed by atoms with Crippen LogP contribution in [0, 0.1) is 0 Å². The lowest BCUT2D eigenvalue weighted by Gasteiger charge is -2.19. The third kappa shape index (κ3) is 2.12. The molecule has 0 spiro atoms. The van der Waals surface area contributed by atoms with Crippen molar-refractivity contribution in [3.63, 3.8) is 0 Å². The zero-order valence-corrected chi connectivity index (χ0v) is 9.57. The Balaban J connectivity index is 2.37. The van der Waals surface area contributed by atoms with Crippen LogP contribution < -0.4 is 10.6 Å². The van der Waals surface area contributed by atoms with E-state index in [1.165, 1.54) is 12.1 Å². The molecular formula is C10H14N2O3S. The lowest BCUT2D eigenvalue weighted by Crippen LogP contribution is -2.19. The molecule has 1 fully saturated rings. The van der Waals surface area contributed by atoms with Crippen molar-refractivity contribution in [2.75, 3.05) is 23.7 Å².